The van der Waals surface area contributed by atoms with Crippen LogP contribution in [-0.4, -0.2) is 34.5 Å². The number of likely N-dealkylation sites (tertiary alicyclic amines) is 1. The summed E-state index contributed by atoms with van der Waals surface area (Å²) < 4.78 is 13.0. The highest BCUT2D eigenvalue weighted by atomic mass is 19.1. The van der Waals surface area contributed by atoms with Crippen molar-refractivity contribution in [1.29, 1.82) is 0 Å². The maximum absolute atomic E-state index is 13.0. The van der Waals surface area contributed by atoms with E-state index < -0.39 is 0 Å². The number of allylic oxidation sites excluding steroid dienone is 5. The fraction of sp³-hybridized carbons (Fsp3) is 0.484. The van der Waals surface area contributed by atoms with Crippen LogP contribution >= 0.6 is 0 Å². The number of aromatic nitrogens is 2. The fourth-order valence-corrected chi connectivity index (χ4v) is 4.67. The summed E-state index contributed by atoms with van der Waals surface area (Å²) >= 11 is 0. The van der Waals surface area contributed by atoms with Crippen molar-refractivity contribution in [2.24, 2.45) is 5.92 Å². The molecule has 2 aromatic rings. The van der Waals surface area contributed by atoms with Crippen LogP contribution < -0.4 is 0 Å². The molecule has 1 aromatic carbocycles. The number of rotatable bonds is 7. The number of benzene rings is 1. The average molecular weight is 476 g/mol. The van der Waals surface area contributed by atoms with Gasteiger partial charge in [0.2, 0.25) is 0 Å². The lowest BCUT2D eigenvalue weighted by molar-refractivity contribution is 0.195. The standard InChI is InChI=1S/C16H20N2.C15H22FN/c1-4-5-14-6-7-15(8-12(14)2)13(3)16-9-17-11-18-10-16;1-13-7-10-17(11-8-13)12-9-14-3-2-4-15(16)6-5-14/h6-11,13H,4-5H2,1-3H3;3-6,13H,2,7-12H2,1H3. The van der Waals surface area contributed by atoms with Gasteiger partial charge in [-0.3, -0.25) is 0 Å². The third-order valence-electron chi connectivity index (χ3n) is 7.21. The van der Waals surface area contributed by atoms with Crippen molar-refractivity contribution in [1.82, 2.24) is 14.9 Å². The van der Waals surface area contributed by atoms with Crippen LogP contribution in [0.1, 0.15) is 81.0 Å². The van der Waals surface area contributed by atoms with E-state index >= 15 is 0 Å². The Kier molecular flexibility index (Phi) is 10.9. The molecule has 0 N–H and O–H groups in total. The Morgan fingerprint density at radius 2 is 1.77 bits per heavy atom. The second kappa shape index (κ2) is 14.1. The minimum atomic E-state index is -0.108. The van der Waals surface area contributed by atoms with Crippen molar-refractivity contribution < 1.29 is 4.39 Å². The Bertz CT molecular complexity index is 1000. The molecule has 2 aliphatic rings. The van der Waals surface area contributed by atoms with Gasteiger partial charge in [-0.15, -0.1) is 0 Å². The largest absolute Gasteiger partial charge is 0.303 e. The van der Waals surface area contributed by atoms with E-state index in [1.165, 1.54) is 60.2 Å². The summed E-state index contributed by atoms with van der Waals surface area (Å²) in [5.74, 6) is 1.13. The topological polar surface area (TPSA) is 29.0 Å². The van der Waals surface area contributed by atoms with Gasteiger partial charge in [0.1, 0.15) is 12.2 Å². The molecule has 35 heavy (non-hydrogen) atoms. The zero-order chi connectivity index (χ0) is 25.0. The average Bonchev–Trinajstić information content (AvgIpc) is 3.09. The quantitative estimate of drug-likeness (QED) is 0.410. The Morgan fingerprint density at radius 1 is 1.03 bits per heavy atom. The number of aryl methyl sites for hydroxylation is 2. The molecule has 1 atom stereocenters. The first-order valence-electron chi connectivity index (χ1n) is 13.3. The van der Waals surface area contributed by atoms with Crippen molar-refractivity contribution in [2.45, 2.75) is 72.1 Å². The molecular formula is C31H42FN3. The molecule has 4 rings (SSSR count). The Balaban J connectivity index is 0.000000196. The van der Waals surface area contributed by atoms with Gasteiger partial charge >= 0.3 is 0 Å². The van der Waals surface area contributed by atoms with E-state index in [1.807, 2.05) is 18.5 Å². The second-order valence-corrected chi connectivity index (χ2v) is 10.0. The lowest BCUT2D eigenvalue weighted by Crippen LogP contribution is -2.33. The first-order chi connectivity index (χ1) is 17.0. The molecule has 0 radical (unpaired) electrons. The monoisotopic (exact) mass is 475 g/mol. The molecule has 0 spiro atoms. The Labute approximate surface area is 211 Å². The molecule has 0 bridgehead atoms. The summed E-state index contributed by atoms with van der Waals surface area (Å²) in [5, 5.41) is 0. The van der Waals surface area contributed by atoms with E-state index in [-0.39, 0.29) is 5.83 Å². The summed E-state index contributed by atoms with van der Waals surface area (Å²) in [6, 6.07) is 6.78. The third-order valence-corrected chi connectivity index (χ3v) is 7.21. The van der Waals surface area contributed by atoms with E-state index in [1.54, 1.807) is 18.5 Å². The van der Waals surface area contributed by atoms with Gasteiger partial charge < -0.3 is 4.90 Å². The molecule has 1 aliphatic heterocycles. The van der Waals surface area contributed by atoms with Crippen molar-refractivity contribution in [3.63, 3.8) is 0 Å². The fourth-order valence-electron chi connectivity index (χ4n) is 4.67. The third kappa shape index (κ3) is 8.85. The number of halogens is 1. The summed E-state index contributed by atoms with van der Waals surface area (Å²) in [4.78, 5) is 10.7. The van der Waals surface area contributed by atoms with Gasteiger partial charge in [0.15, 0.2) is 0 Å². The van der Waals surface area contributed by atoms with Crippen molar-refractivity contribution in [3.05, 3.63) is 94.9 Å². The molecule has 0 amide bonds. The van der Waals surface area contributed by atoms with Gasteiger partial charge in [-0.1, -0.05) is 63.1 Å². The SMILES string of the molecule is CC1CCN(CCC2=CCC=C(F)C=C2)CC1.CCCc1ccc(C(C)c2cncnc2)cc1C. The predicted octanol–water partition coefficient (Wildman–Crippen LogP) is 7.74. The zero-order valence-corrected chi connectivity index (χ0v) is 22.0. The minimum Gasteiger partial charge on any atom is -0.303 e. The number of piperidine rings is 1. The number of hydrogen-bond acceptors (Lipinski definition) is 3. The lowest BCUT2D eigenvalue weighted by atomic mass is 9.91. The van der Waals surface area contributed by atoms with Crippen LogP contribution in [-0.2, 0) is 6.42 Å². The molecule has 1 unspecified atom stereocenters. The van der Waals surface area contributed by atoms with E-state index in [4.69, 9.17) is 0 Å². The molecular weight excluding hydrogens is 433 g/mol. The highest BCUT2D eigenvalue weighted by Gasteiger charge is 2.15. The molecule has 1 fully saturated rings. The zero-order valence-electron chi connectivity index (χ0n) is 22.0. The Hall–Kier alpha value is -2.59. The van der Waals surface area contributed by atoms with Crippen LogP contribution in [0, 0.1) is 12.8 Å². The lowest BCUT2D eigenvalue weighted by Gasteiger charge is -2.30. The van der Waals surface area contributed by atoms with Gasteiger partial charge in [0.25, 0.3) is 0 Å². The van der Waals surface area contributed by atoms with E-state index in [0.717, 1.165) is 31.7 Å². The van der Waals surface area contributed by atoms with Gasteiger partial charge in [0, 0.05) is 24.9 Å². The molecule has 2 heterocycles. The van der Waals surface area contributed by atoms with E-state index in [9.17, 15) is 4.39 Å². The molecule has 1 saturated heterocycles. The number of hydrogen-bond donors (Lipinski definition) is 0. The molecule has 3 nitrogen and oxygen atoms in total. The van der Waals surface area contributed by atoms with Crippen LogP contribution in [0.3, 0.4) is 0 Å². The first kappa shape index (κ1) is 27.0. The van der Waals surface area contributed by atoms with Crippen molar-refractivity contribution in [2.75, 3.05) is 19.6 Å². The Morgan fingerprint density at radius 3 is 2.46 bits per heavy atom. The highest BCUT2D eigenvalue weighted by Crippen LogP contribution is 2.25. The van der Waals surface area contributed by atoms with Crippen LogP contribution in [0.15, 0.2) is 72.6 Å². The van der Waals surface area contributed by atoms with Gasteiger partial charge in [-0.25, -0.2) is 14.4 Å². The number of nitrogens with zero attached hydrogens (tertiary/aromatic N) is 3. The highest BCUT2D eigenvalue weighted by molar-refractivity contribution is 5.36. The van der Waals surface area contributed by atoms with E-state index in [2.05, 4.69) is 66.8 Å². The smallest absolute Gasteiger partial charge is 0.119 e. The molecule has 4 heteroatoms. The normalized spacial score (nSPS) is 17.6. The first-order valence-corrected chi connectivity index (χ1v) is 13.3. The molecule has 188 valence electrons. The summed E-state index contributed by atoms with van der Waals surface area (Å²) in [6.07, 6.45) is 19.4. The van der Waals surface area contributed by atoms with Crippen LogP contribution in [0.4, 0.5) is 4.39 Å². The summed E-state index contributed by atoms with van der Waals surface area (Å²) in [5.41, 5.74) is 6.62. The maximum atomic E-state index is 13.0. The molecule has 1 aromatic heterocycles. The summed E-state index contributed by atoms with van der Waals surface area (Å²) in [6.45, 7) is 12.5. The second-order valence-electron chi connectivity index (χ2n) is 10.0. The maximum Gasteiger partial charge on any atom is 0.119 e. The summed E-state index contributed by atoms with van der Waals surface area (Å²) in [7, 11) is 0. The van der Waals surface area contributed by atoms with Crippen LogP contribution in [0.5, 0.6) is 0 Å². The molecule has 0 saturated carbocycles. The predicted molar refractivity (Wildman–Crippen MR) is 145 cm³/mol. The van der Waals surface area contributed by atoms with Crippen molar-refractivity contribution >= 4 is 0 Å². The van der Waals surface area contributed by atoms with Gasteiger partial charge in [-0.2, -0.15) is 0 Å². The van der Waals surface area contributed by atoms with Gasteiger partial charge in [-0.05, 0) is 92.4 Å². The van der Waals surface area contributed by atoms with Crippen LogP contribution in [0.2, 0.25) is 0 Å². The van der Waals surface area contributed by atoms with E-state index in [0.29, 0.717) is 5.92 Å². The van der Waals surface area contributed by atoms with Gasteiger partial charge in [0.05, 0.1) is 0 Å². The van der Waals surface area contributed by atoms with Crippen LogP contribution in [0.25, 0.3) is 0 Å². The molecule has 1 aliphatic carbocycles. The minimum absolute atomic E-state index is 0.108. The van der Waals surface area contributed by atoms with Crippen molar-refractivity contribution in [3.8, 4) is 0 Å².